The van der Waals surface area contributed by atoms with E-state index in [1.807, 2.05) is 24.3 Å². The number of piperidine rings is 1. The zero-order valence-corrected chi connectivity index (χ0v) is 11.1. The number of anilines is 1. The van der Waals surface area contributed by atoms with Crippen LogP contribution >= 0.6 is 0 Å². The van der Waals surface area contributed by atoms with Gasteiger partial charge in [-0.3, -0.25) is 4.79 Å². The zero-order valence-electron chi connectivity index (χ0n) is 11.1. The van der Waals surface area contributed by atoms with E-state index in [1.54, 1.807) is 11.0 Å². The van der Waals surface area contributed by atoms with E-state index in [2.05, 4.69) is 20.7 Å². The molecule has 0 unspecified atom stereocenters. The van der Waals surface area contributed by atoms with Gasteiger partial charge in [-0.2, -0.15) is 5.10 Å². The van der Waals surface area contributed by atoms with Crippen molar-refractivity contribution in [1.29, 1.82) is 0 Å². The van der Waals surface area contributed by atoms with Crippen molar-refractivity contribution < 1.29 is 4.79 Å². The van der Waals surface area contributed by atoms with Crippen LogP contribution in [0.15, 0.2) is 36.9 Å². The number of para-hydroxylation sites is 2. The van der Waals surface area contributed by atoms with Crippen molar-refractivity contribution in [3.63, 3.8) is 0 Å². The average Bonchev–Trinajstić information content (AvgIpc) is 3.03. The van der Waals surface area contributed by atoms with Gasteiger partial charge < -0.3 is 10.6 Å². The topological polar surface area (TPSA) is 71.8 Å². The van der Waals surface area contributed by atoms with Gasteiger partial charge in [0.25, 0.3) is 0 Å². The quantitative estimate of drug-likeness (QED) is 0.884. The number of benzene rings is 1. The molecule has 6 nitrogen and oxygen atoms in total. The molecule has 1 atom stereocenters. The van der Waals surface area contributed by atoms with Crippen LogP contribution in [0.3, 0.4) is 0 Å². The number of aromatic nitrogens is 3. The number of rotatable bonds is 3. The first kappa shape index (κ1) is 12.8. The molecule has 0 aliphatic carbocycles. The molecule has 1 aromatic heterocycles. The molecule has 0 radical (unpaired) electrons. The Kier molecular flexibility index (Phi) is 3.73. The van der Waals surface area contributed by atoms with Crippen LogP contribution in [0.1, 0.15) is 19.3 Å². The van der Waals surface area contributed by atoms with Crippen LogP contribution in [0.5, 0.6) is 0 Å². The summed E-state index contributed by atoms with van der Waals surface area (Å²) in [5.41, 5.74) is 1.56. The number of hydrogen-bond donors (Lipinski definition) is 2. The van der Waals surface area contributed by atoms with E-state index in [1.165, 1.54) is 6.33 Å². The van der Waals surface area contributed by atoms with Crippen LogP contribution in [-0.2, 0) is 4.79 Å². The van der Waals surface area contributed by atoms with E-state index < -0.39 is 0 Å². The highest BCUT2D eigenvalue weighted by atomic mass is 16.2. The first-order valence-electron chi connectivity index (χ1n) is 6.83. The van der Waals surface area contributed by atoms with Crippen molar-refractivity contribution in [1.82, 2.24) is 20.1 Å². The molecule has 3 rings (SSSR count). The number of hydrogen-bond acceptors (Lipinski definition) is 4. The Morgan fingerprint density at radius 3 is 3.00 bits per heavy atom. The molecule has 0 bridgehead atoms. The van der Waals surface area contributed by atoms with Crippen LogP contribution in [0.2, 0.25) is 0 Å². The molecule has 1 saturated heterocycles. The number of nitrogens with one attached hydrogen (secondary N) is 2. The molecular formula is C14H17N5O. The summed E-state index contributed by atoms with van der Waals surface area (Å²) in [6, 6.07) is 7.47. The van der Waals surface area contributed by atoms with E-state index in [0.717, 1.165) is 37.2 Å². The second-order valence-corrected chi connectivity index (χ2v) is 4.85. The molecule has 6 heteroatoms. The molecule has 1 fully saturated rings. The Bertz CT molecular complexity index is 575. The summed E-state index contributed by atoms with van der Waals surface area (Å²) in [7, 11) is 0. The third-order valence-corrected chi connectivity index (χ3v) is 3.45. The SMILES string of the molecule is O=C(Nc1ccccc1-n1cncn1)[C@H]1CCCCN1. The van der Waals surface area contributed by atoms with E-state index in [9.17, 15) is 4.79 Å². The van der Waals surface area contributed by atoms with E-state index in [4.69, 9.17) is 0 Å². The fourth-order valence-corrected chi connectivity index (χ4v) is 2.41. The highest BCUT2D eigenvalue weighted by Gasteiger charge is 2.21. The first-order valence-corrected chi connectivity index (χ1v) is 6.83. The fraction of sp³-hybridized carbons (Fsp3) is 0.357. The zero-order chi connectivity index (χ0) is 13.8. The minimum atomic E-state index is -0.104. The Balaban J connectivity index is 1.79. The summed E-state index contributed by atoms with van der Waals surface area (Å²) >= 11 is 0. The van der Waals surface area contributed by atoms with Gasteiger partial charge in [0.05, 0.1) is 17.4 Å². The van der Waals surface area contributed by atoms with Crippen LogP contribution in [-0.4, -0.2) is 33.3 Å². The molecule has 0 saturated carbocycles. The fourth-order valence-electron chi connectivity index (χ4n) is 2.41. The van der Waals surface area contributed by atoms with Gasteiger partial charge in [-0.15, -0.1) is 0 Å². The number of nitrogens with zero attached hydrogens (tertiary/aromatic N) is 3. The highest BCUT2D eigenvalue weighted by Crippen LogP contribution is 2.19. The molecule has 2 N–H and O–H groups in total. The Hall–Kier alpha value is -2.21. The predicted molar refractivity (Wildman–Crippen MR) is 75.6 cm³/mol. The summed E-state index contributed by atoms with van der Waals surface area (Å²) in [5, 5.41) is 10.3. The molecule has 1 aliphatic heterocycles. The van der Waals surface area contributed by atoms with Crippen molar-refractivity contribution in [2.24, 2.45) is 0 Å². The van der Waals surface area contributed by atoms with Gasteiger partial charge >= 0.3 is 0 Å². The van der Waals surface area contributed by atoms with Crippen LogP contribution in [0, 0.1) is 0 Å². The molecule has 2 aromatic rings. The van der Waals surface area contributed by atoms with Gasteiger partial charge in [0.2, 0.25) is 5.91 Å². The monoisotopic (exact) mass is 271 g/mol. The molecule has 104 valence electrons. The van der Waals surface area contributed by atoms with Crippen LogP contribution < -0.4 is 10.6 Å². The maximum atomic E-state index is 12.3. The Labute approximate surface area is 117 Å². The van der Waals surface area contributed by atoms with Crippen LogP contribution in [0.25, 0.3) is 5.69 Å². The highest BCUT2D eigenvalue weighted by molar-refractivity contribution is 5.96. The minimum Gasteiger partial charge on any atom is -0.323 e. The van der Waals surface area contributed by atoms with Gasteiger partial charge in [-0.05, 0) is 31.5 Å². The number of carbonyl (C=O) groups is 1. The lowest BCUT2D eigenvalue weighted by Crippen LogP contribution is -2.43. The molecule has 2 heterocycles. The summed E-state index contributed by atoms with van der Waals surface area (Å²) < 4.78 is 1.64. The molecule has 20 heavy (non-hydrogen) atoms. The Morgan fingerprint density at radius 1 is 1.35 bits per heavy atom. The lowest BCUT2D eigenvalue weighted by Gasteiger charge is -2.23. The molecular weight excluding hydrogens is 254 g/mol. The van der Waals surface area contributed by atoms with Gasteiger partial charge in [0, 0.05) is 0 Å². The van der Waals surface area contributed by atoms with Crippen molar-refractivity contribution >= 4 is 11.6 Å². The number of carbonyl (C=O) groups excluding carboxylic acids is 1. The van der Waals surface area contributed by atoms with Gasteiger partial charge in [-0.1, -0.05) is 18.6 Å². The van der Waals surface area contributed by atoms with Crippen molar-refractivity contribution in [2.75, 3.05) is 11.9 Å². The predicted octanol–water partition coefficient (Wildman–Crippen LogP) is 1.35. The van der Waals surface area contributed by atoms with E-state index >= 15 is 0 Å². The summed E-state index contributed by atoms with van der Waals surface area (Å²) in [5.74, 6) is 0.0114. The van der Waals surface area contributed by atoms with Crippen molar-refractivity contribution in [3.8, 4) is 5.69 Å². The lowest BCUT2D eigenvalue weighted by atomic mass is 10.0. The molecule has 0 spiro atoms. The second-order valence-electron chi connectivity index (χ2n) is 4.85. The average molecular weight is 271 g/mol. The third-order valence-electron chi connectivity index (χ3n) is 3.45. The maximum absolute atomic E-state index is 12.3. The third kappa shape index (κ3) is 2.70. The normalized spacial score (nSPS) is 18.7. The largest absolute Gasteiger partial charge is 0.323 e. The lowest BCUT2D eigenvalue weighted by molar-refractivity contribution is -0.118. The van der Waals surface area contributed by atoms with Crippen LogP contribution in [0.4, 0.5) is 5.69 Å². The molecule has 1 aromatic carbocycles. The van der Waals surface area contributed by atoms with E-state index in [-0.39, 0.29) is 11.9 Å². The maximum Gasteiger partial charge on any atom is 0.241 e. The summed E-state index contributed by atoms with van der Waals surface area (Å²) in [6.07, 6.45) is 6.21. The molecule has 1 amide bonds. The summed E-state index contributed by atoms with van der Waals surface area (Å²) in [6.45, 7) is 0.906. The van der Waals surface area contributed by atoms with E-state index in [0.29, 0.717) is 0 Å². The summed E-state index contributed by atoms with van der Waals surface area (Å²) in [4.78, 5) is 16.2. The molecule has 1 aliphatic rings. The van der Waals surface area contributed by atoms with Crippen molar-refractivity contribution in [2.45, 2.75) is 25.3 Å². The van der Waals surface area contributed by atoms with Crippen molar-refractivity contribution in [3.05, 3.63) is 36.9 Å². The Morgan fingerprint density at radius 2 is 2.25 bits per heavy atom. The first-order chi connectivity index (χ1) is 9.84. The minimum absolute atomic E-state index is 0.0114. The smallest absolute Gasteiger partial charge is 0.241 e. The van der Waals surface area contributed by atoms with Gasteiger partial charge in [0.15, 0.2) is 0 Å². The second kappa shape index (κ2) is 5.83. The number of amides is 1. The standard InChI is InChI=1S/C14H17N5O/c20-14(12-6-3-4-8-16-12)18-11-5-1-2-7-13(11)19-10-15-9-17-19/h1-2,5,7,9-10,12,16H,3-4,6,8H2,(H,18,20)/t12-/m1/s1. The van der Waals surface area contributed by atoms with Gasteiger partial charge in [0.1, 0.15) is 12.7 Å². The van der Waals surface area contributed by atoms with Gasteiger partial charge in [-0.25, -0.2) is 9.67 Å².